The number of amides is 1. The van der Waals surface area contributed by atoms with E-state index in [4.69, 9.17) is 0 Å². The van der Waals surface area contributed by atoms with Crippen LogP contribution >= 0.6 is 0 Å². The zero-order valence-corrected chi connectivity index (χ0v) is 19.2. The Morgan fingerprint density at radius 3 is 2.58 bits per heavy atom. The van der Waals surface area contributed by atoms with Crippen LogP contribution in [0.4, 0.5) is 5.69 Å². The second kappa shape index (κ2) is 10.2. The summed E-state index contributed by atoms with van der Waals surface area (Å²) in [6, 6.07) is 17.4. The van der Waals surface area contributed by atoms with Crippen LogP contribution in [0.1, 0.15) is 36.9 Å². The first-order valence-electron chi connectivity index (χ1n) is 12.2. The maximum atomic E-state index is 12.8. The summed E-state index contributed by atoms with van der Waals surface area (Å²) in [6.45, 7) is 6.20. The fourth-order valence-electron chi connectivity index (χ4n) is 5.02. The average molecular weight is 444 g/mol. The molecule has 0 bridgehead atoms. The van der Waals surface area contributed by atoms with Crippen molar-refractivity contribution in [1.29, 1.82) is 0 Å². The molecule has 172 valence electrons. The molecule has 0 radical (unpaired) electrons. The monoisotopic (exact) mass is 443 g/mol. The molecular formula is C27H33N5O. The molecule has 6 heteroatoms. The lowest BCUT2D eigenvalue weighted by Gasteiger charge is -2.28. The Balaban J connectivity index is 1.35. The predicted molar refractivity (Wildman–Crippen MR) is 132 cm³/mol. The van der Waals surface area contributed by atoms with Crippen LogP contribution in [0.3, 0.4) is 0 Å². The van der Waals surface area contributed by atoms with Crippen molar-refractivity contribution in [3.05, 3.63) is 72.3 Å². The van der Waals surface area contributed by atoms with Crippen LogP contribution in [-0.2, 0) is 17.9 Å². The Labute approximate surface area is 196 Å². The van der Waals surface area contributed by atoms with E-state index in [-0.39, 0.29) is 0 Å². The number of carbonyl (C=O) groups excluding carboxylic acids is 1. The Morgan fingerprint density at radius 1 is 0.939 bits per heavy atom. The van der Waals surface area contributed by atoms with Crippen molar-refractivity contribution >= 4 is 11.6 Å². The van der Waals surface area contributed by atoms with E-state index in [1.54, 1.807) is 6.33 Å². The van der Waals surface area contributed by atoms with Gasteiger partial charge in [0.05, 0.1) is 18.6 Å². The number of nitrogens with zero attached hydrogens (tertiary/aromatic N) is 4. The molecule has 3 heterocycles. The van der Waals surface area contributed by atoms with Gasteiger partial charge in [-0.1, -0.05) is 36.4 Å². The van der Waals surface area contributed by atoms with E-state index in [0.29, 0.717) is 12.3 Å². The summed E-state index contributed by atoms with van der Waals surface area (Å²) in [5, 5.41) is 0. The number of nitrogens with one attached hydrogen (secondary N) is 1. The number of hydrogen-bond acceptors (Lipinski definition) is 4. The second-order valence-electron chi connectivity index (χ2n) is 9.18. The van der Waals surface area contributed by atoms with Gasteiger partial charge in [0.2, 0.25) is 5.91 Å². The van der Waals surface area contributed by atoms with Crippen LogP contribution in [0.2, 0.25) is 0 Å². The molecule has 0 unspecified atom stereocenters. The summed E-state index contributed by atoms with van der Waals surface area (Å²) in [5.74, 6) is 0.312. The van der Waals surface area contributed by atoms with Crippen molar-refractivity contribution in [2.24, 2.45) is 0 Å². The molecule has 33 heavy (non-hydrogen) atoms. The van der Waals surface area contributed by atoms with Crippen LogP contribution in [-0.4, -0.2) is 58.4 Å². The Bertz CT molecular complexity index is 1040. The number of piperidine rings is 1. The smallest absolute Gasteiger partial charge is 0.223 e. The van der Waals surface area contributed by atoms with Gasteiger partial charge >= 0.3 is 0 Å². The van der Waals surface area contributed by atoms with E-state index in [1.807, 2.05) is 6.20 Å². The number of likely N-dealkylation sites (tertiary alicyclic amines) is 1. The molecule has 1 amide bonds. The number of rotatable bonds is 6. The lowest BCUT2D eigenvalue weighted by molar-refractivity contribution is -0.132. The van der Waals surface area contributed by atoms with Gasteiger partial charge in [-0.3, -0.25) is 9.69 Å². The maximum Gasteiger partial charge on any atom is 0.223 e. The van der Waals surface area contributed by atoms with Gasteiger partial charge in [0, 0.05) is 57.6 Å². The molecule has 6 nitrogen and oxygen atoms in total. The molecule has 2 aromatic carbocycles. The van der Waals surface area contributed by atoms with Crippen molar-refractivity contribution in [2.75, 3.05) is 37.6 Å². The largest absolute Gasteiger partial charge is 0.364 e. The minimum Gasteiger partial charge on any atom is -0.364 e. The van der Waals surface area contributed by atoms with Gasteiger partial charge in [-0.05, 0) is 48.1 Å². The molecule has 2 aliphatic heterocycles. The predicted octanol–water partition coefficient (Wildman–Crippen LogP) is 4.30. The van der Waals surface area contributed by atoms with Gasteiger partial charge in [-0.2, -0.15) is 0 Å². The Kier molecular flexibility index (Phi) is 6.72. The number of H-pyrrole nitrogens is 1. The van der Waals surface area contributed by atoms with Crippen LogP contribution in [0, 0.1) is 0 Å². The van der Waals surface area contributed by atoms with Gasteiger partial charge in [0.25, 0.3) is 0 Å². The zero-order chi connectivity index (χ0) is 22.5. The van der Waals surface area contributed by atoms with Crippen LogP contribution in [0.15, 0.2) is 61.1 Å². The first kappa shape index (κ1) is 21.7. The molecule has 0 spiro atoms. The molecule has 0 aliphatic carbocycles. The van der Waals surface area contributed by atoms with Gasteiger partial charge in [-0.15, -0.1) is 0 Å². The lowest BCUT2D eigenvalue weighted by Crippen LogP contribution is -2.38. The summed E-state index contributed by atoms with van der Waals surface area (Å²) in [7, 11) is 0. The summed E-state index contributed by atoms with van der Waals surface area (Å²) in [4.78, 5) is 27.1. The molecule has 1 saturated heterocycles. The third-order valence-electron chi connectivity index (χ3n) is 6.87. The third kappa shape index (κ3) is 5.28. The highest BCUT2D eigenvalue weighted by Crippen LogP contribution is 2.31. The number of anilines is 1. The van der Waals surface area contributed by atoms with Crippen LogP contribution in [0.5, 0.6) is 0 Å². The summed E-state index contributed by atoms with van der Waals surface area (Å²) >= 11 is 0. The fourth-order valence-corrected chi connectivity index (χ4v) is 5.02. The number of hydrogen-bond donors (Lipinski definition) is 1. The standard InChI is InChI=1S/C27H33N5O/c33-27(31-12-5-2-6-13-31)11-14-30-15-16-32(20-25-18-28-21-29-25)26-10-9-23(17-24(26)19-30)22-7-3-1-4-8-22/h1,3-4,7-10,17-18,21H,2,5-6,11-16,19-20H2,(H,28,29). The van der Waals surface area contributed by atoms with E-state index < -0.39 is 0 Å². The van der Waals surface area contributed by atoms with Crippen molar-refractivity contribution in [3.8, 4) is 11.1 Å². The highest BCUT2D eigenvalue weighted by atomic mass is 16.2. The van der Waals surface area contributed by atoms with Gasteiger partial charge in [-0.25, -0.2) is 4.98 Å². The Hall–Kier alpha value is -3.12. The molecule has 1 N–H and O–H groups in total. The summed E-state index contributed by atoms with van der Waals surface area (Å²) in [6.07, 6.45) is 7.79. The molecule has 1 fully saturated rings. The minimum atomic E-state index is 0.312. The number of fused-ring (bicyclic) bond motifs is 1. The third-order valence-corrected chi connectivity index (χ3v) is 6.87. The minimum absolute atomic E-state index is 0.312. The molecule has 1 aromatic heterocycles. The summed E-state index contributed by atoms with van der Waals surface area (Å²) in [5.41, 5.74) is 6.17. The topological polar surface area (TPSA) is 55.5 Å². The van der Waals surface area contributed by atoms with Gasteiger partial charge in [0.15, 0.2) is 0 Å². The Morgan fingerprint density at radius 2 is 1.79 bits per heavy atom. The van der Waals surface area contributed by atoms with Crippen molar-refractivity contribution < 1.29 is 4.79 Å². The number of aromatic amines is 1. The molecule has 2 aliphatic rings. The number of aromatic nitrogens is 2. The number of imidazole rings is 1. The van der Waals surface area contributed by atoms with E-state index >= 15 is 0 Å². The quantitative estimate of drug-likeness (QED) is 0.617. The van der Waals surface area contributed by atoms with E-state index in [1.165, 1.54) is 28.8 Å². The molecule has 3 aromatic rings. The zero-order valence-electron chi connectivity index (χ0n) is 19.2. The fraction of sp³-hybridized carbons (Fsp3) is 0.407. The second-order valence-corrected chi connectivity index (χ2v) is 9.18. The summed E-state index contributed by atoms with van der Waals surface area (Å²) < 4.78 is 0. The number of benzene rings is 2. The maximum absolute atomic E-state index is 12.8. The normalized spacial score (nSPS) is 17.0. The SMILES string of the molecule is O=C(CCN1CCN(Cc2cnc[nH]2)c2ccc(-c3ccccc3)cc2C1)N1CCCCC1. The van der Waals surface area contributed by atoms with Crippen molar-refractivity contribution in [2.45, 2.75) is 38.8 Å². The first-order chi connectivity index (χ1) is 16.3. The van der Waals surface area contributed by atoms with Crippen LogP contribution in [0.25, 0.3) is 11.1 Å². The van der Waals surface area contributed by atoms with Gasteiger partial charge in [0.1, 0.15) is 0 Å². The average Bonchev–Trinajstić information content (AvgIpc) is 3.32. The van der Waals surface area contributed by atoms with Crippen molar-refractivity contribution in [3.63, 3.8) is 0 Å². The van der Waals surface area contributed by atoms with E-state index in [2.05, 4.69) is 73.2 Å². The van der Waals surface area contributed by atoms with Gasteiger partial charge < -0.3 is 14.8 Å². The van der Waals surface area contributed by atoms with E-state index in [9.17, 15) is 4.79 Å². The first-order valence-corrected chi connectivity index (χ1v) is 12.2. The van der Waals surface area contributed by atoms with E-state index in [0.717, 1.165) is 64.3 Å². The van der Waals surface area contributed by atoms with Crippen molar-refractivity contribution in [1.82, 2.24) is 19.8 Å². The lowest BCUT2D eigenvalue weighted by atomic mass is 10.0. The molecule has 0 atom stereocenters. The molecule has 5 rings (SSSR count). The molecule has 0 saturated carbocycles. The number of carbonyl (C=O) groups is 1. The van der Waals surface area contributed by atoms with Crippen LogP contribution < -0.4 is 4.90 Å². The highest BCUT2D eigenvalue weighted by Gasteiger charge is 2.23. The molecular weight excluding hydrogens is 410 g/mol. The highest BCUT2D eigenvalue weighted by molar-refractivity contribution is 5.76.